The van der Waals surface area contributed by atoms with Crippen molar-refractivity contribution in [1.82, 2.24) is 0 Å². The summed E-state index contributed by atoms with van der Waals surface area (Å²) in [6.45, 7) is 0.529. The van der Waals surface area contributed by atoms with Gasteiger partial charge in [-0.1, -0.05) is 43.2 Å². The van der Waals surface area contributed by atoms with E-state index in [0.29, 0.717) is 6.61 Å². The van der Waals surface area contributed by atoms with Crippen molar-refractivity contribution < 1.29 is 9.53 Å². The monoisotopic (exact) mass is 295 g/mol. The van der Waals surface area contributed by atoms with Gasteiger partial charge in [-0.25, -0.2) is 0 Å². The lowest BCUT2D eigenvalue weighted by Gasteiger charge is -2.11. The smallest absolute Gasteiger partial charge is 0.227 e. The molecule has 3 nitrogen and oxygen atoms in total. The van der Waals surface area contributed by atoms with Gasteiger partial charge in [0.05, 0.1) is 0 Å². The van der Waals surface area contributed by atoms with Gasteiger partial charge in [0, 0.05) is 11.6 Å². The van der Waals surface area contributed by atoms with Gasteiger partial charge in [-0.2, -0.15) is 0 Å². The zero-order chi connectivity index (χ0) is 15.2. The zero-order valence-electron chi connectivity index (χ0n) is 12.6. The molecule has 1 saturated carbocycles. The summed E-state index contributed by atoms with van der Waals surface area (Å²) in [6, 6.07) is 17.6. The lowest BCUT2D eigenvalue weighted by Crippen LogP contribution is -2.20. The van der Waals surface area contributed by atoms with Crippen molar-refractivity contribution in [3.63, 3.8) is 0 Å². The SMILES string of the molecule is O=C(Nc1ccc(COc2ccccc2)cc1)C1CCCC1. The van der Waals surface area contributed by atoms with Crippen LogP contribution in [0.2, 0.25) is 0 Å². The van der Waals surface area contributed by atoms with Gasteiger partial charge < -0.3 is 10.1 Å². The number of benzene rings is 2. The Morgan fingerprint density at radius 1 is 1.00 bits per heavy atom. The summed E-state index contributed by atoms with van der Waals surface area (Å²) in [5, 5.41) is 3.01. The molecule has 0 saturated heterocycles. The van der Waals surface area contributed by atoms with Gasteiger partial charge in [-0.15, -0.1) is 0 Å². The number of anilines is 1. The third-order valence-electron chi connectivity index (χ3n) is 4.10. The number of para-hydroxylation sites is 1. The summed E-state index contributed by atoms with van der Waals surface area (Å²) in [5.74, 6) is 1.22. The van der Waals surface area contributed by atoms with Gasteiger partial charge in [-0.05, 0) is 42.7 Å². The summed E-state index contributed by atoms with van der Waals surface area (Å²) in [6.07, 6.45) is 4.39. The predicted molar refractivity (Wildman–Crippen MR) is 87.8 cm³/mol. The maximum absolute atomic E-state index is 12.1. The average molecular weight is 295 g/mol. The van der Waals surface area contributed by atoms with Crippen molar-refractivity contribution >= 4 is 11.6 Å². The minimum Gasteiger partial charge on any atom is -0.489 e. The highest BCUT2D eigenvalue weighted by atomic mass is 16.5. The number of hydrogen-bond acceptors (Lipinski definition) is 2. The van der Waals surface area contributed by atoms with Gasteiger partial charge in [0.25, 0.3) is 0 Å². The Balaban J connectivity index is 1.52. The molecule has 0 spiro atoms. The van der Waals surface area contributed by atoms with Crippen molar-refractivity contribution in [3.8, 4) is 5.75 Å². The van der Waals surface area contributed by atoms with Crippen LogP contribution in [0.5, 0.6) is 5.75 Å². The molecule has 2 aromatic rings. The normalized spacial score (nSPS) is 14.7. The quantitative estimate of drug-likeness (QED) is 0.888. The molecule has 0 aliphatic heterocycles. The molecule has 3 heteroatoms. The molecule has 2 aromatic carbocycles. The zero-order valence-corrected chi connectivity index (χ0v) is 12.6. The second-order valence-corrected chi connectivity index (χ2v) is 5.77. The van der Waals surface area contributed by atoms with Crippen molar-refractivity contribution in [2.75, 3.05) is 5.32 Å². The number of carbonyl (C=O) groups is 1. The number of hydrogen-bond donors (Lipinski definition) is 1. The topological polar surface area (TPSA) is 38.3 Å². The van der Waals surface area contributed by atoms with Crippen molar-refractivity contribution in [2.45, 2.75) is 32.3 Å². The Morgan fingerprint density at radius 2 is 1.68 bits per heavy atom. The Labute approximate surface area is 131 Å². The van der Waals surface area contributed by atoms with E-state index in [1.807, 2.05) is 54.6 Å². The van der Waals surface area contributed by atoms with Crippen LogP contribution in [0, 0.1) is 5.92 Å². The van der Waals surface area contributed by atoms with E-state index in [4.69, 9.17) is 4.74 Å². The van der Waals surface area contributed by atoms with Crippen LogP contribution in [0.1, 0.15) is 31.2 Å². The van der Waals surface area contributed by atoms with Crippen LogP contribution >= 0.6 is 0 Å². The number of amides is 1. The van der Waals surface area contributed by atoms with E-state index in [-0.39, 0.29) is 11.8 Å². The average Bonchev–Trinajstić information content (AvgIpc) is 3.10. The Morgan fingerprint density at radius 3 is 2.36 bits per heavy atom. The highest BCUT2D eigenvalue weighted by Crippen LogP contribution is 2.26. The van der Waals surface area contributed by atoms with Crippen LogP contribution in [0.3, 0.4) is 0 Å². The van der Waals surface area contributed by atoms with Crippen LogP contribution in [-0.2, 0) is 11.4 Å². The molecule has 3 rings (SSSR count). The van der Waals surface area contributed by atoms with Crippen LogP contribution in [0.4, 0.5) is 5.69 Å². The van der Waals surface area contributed by atoms with Gasteiger partial charge in [-0.3, -0.25) is 4.79 Å². The minimum absolute atomic E-state index is 0.158. The number of ether oxygens (including phenoxy) is 1. The fraction of sp³-hybridized carbons (Fsp3) is 0.316. The summed E-state index contributed by atoms with van der Waals surface area (Å²) >= 11 is 0. The first kappa shape index (κ1) is 14.6. The third-order valence-corrected chi connectivity index (χ3v) is 4.10. The lowest BCUT2D eigenvalue weighted by atomic mass is 10.1. The van der Waals surface area contributed by atoms with E-state index in [0.717, 1.165) is 29.8 Å². The highest BCUT2D eigenvalue weighted by molar-refractivity contribution is 5.92. The maximum Gasteiger partial charge on any atom is 0.227 e. The van der Waals surface area contributed by atoms with Gasteiger partial charge in [0.15, 0.2) is 0 Å². The molecule has 0 radical (unpaired) electrons. The Kier molecular flexibility index (Phi) is 4.74. The molecule has 114 valence electrons. The predicted octanol–water partition coefficient (Wildman–Crippen LogP) is 4.39. The number of rotatable bonds is 5. The van der Waals surface area contributed by atoms with Crippen LogP contribution in [-0.4, -0.2) is 5.91 Å². The molecule has 1 amide bonds. The fourth-order valence-corrected chi connectivity index (χ4v) is 2.80. The first-order valence-corrected chi connectivity index (χ1v) is 7.89. The molecule has 0 bridgehead atoms. The van der Waals surface area contributed by atoms with Gasteiger partial charge in [0.2, 0.25) is 5.91 Å². The lowest BCUT2D eigenvalue weighted by molar-refractivity contribution is -0.119. The molecule has 1 N–H and O–H groups in total. The standard InChI is InChI=1S/C19H21NO2/c21-19(16-6-4-5-7-16)20-17-12-10-15(11-13-17)14-22-18-8-2-1-3-9-18/h1-3,8-13,16H,4-7,14H2,(H,20,21). The molecule has 0 unspecified atom stereocenters. The summed E-state index contributed by atoms with van der Waals surface area (Å²) in [5.41, 5.74) is 1.95. The molecule has 0 aromatic heterocycles. The summed E-state index contributed by atoms with van der Waals surface area (Å²) in [7, 11) is 0. The first-order valence-electron chi connectivity index (χ1n) is 7.89. The van der Waals surface area contributed by atoms with Crippen LogP contribution in [0.25, 0.3) is 0 Å². The molecule has 0 heterocycles. The molecular formula is C19H21NO2. The van der Waals surface area contributed by atoms with Crippen molar-refractivity contribution in [1.29, 1.82) is 0 Å². The second-order valence-electron chi connectivity index (χ2n) is 5.77. The summed E-state index contributed by atoms with van der Waals surface area (Å²) in [4.78, 5) is 12.1. The largest absolute Gasteiger partial charge is 0.489 e. The maximum atomic E-state index is 12.1. The van der Waals surface area contributed by atoms with Crippen molar-refractivity contribution in [3.05, 3.63) is 60.2 Å². The van der Waals surface area contributed by atoms with E-state index >= 15 is 0 Å². The Hall–Kier alpha value is -2.29. The van der Waals surface area contributed by atoms with E-state index in [2.05, 4.69) is 5.32 Å². The molecule has 22 heavy (non-hydrogen) atoms. The highest BCUT2D eigenvalue weighted by Gasteiger charge is 2.22. The van der Waals surface area contributed by atoms with Gasteiger partial charge in [0.1, 0.15) is 12.4 Å². The third kappa shape index (κ3) is 3.88. The minimum atomic E-state index is 0.158. The molecule has 1 aliphatic carbocycles. The van der Waals surface area contributed by atoms with Crippen LogP contribution in [0.15, 0.2) is 54.6 Å². The van der Waals surface area contributed by atoms with E-state index in [1.165, 1.54) is 12.8 Å². The number of nitrogens with one attached hydrogen (secondary N) is 1. The Bertz CT molecular complexity index is 601. The van der Waals surface area contributed by atoms with E-state index in [1.54, 1.807) is 0 Å². The molecule has 0 atom stereocenters. The van der Waals surface area contributed by atoms with Gasteiger partial charge >= 0.3 is 0 Å². The molecule has 1 aliphatic rings. The van der Waals surface area contributed by atoms with Crippen LogP contribution < -0.4 is 10.1 Å². The molecule has 1 fully saturated rings. The first-order chi connectivity index (χ1) is 10.8. The number of carbonyl (C=O) groups excluding carboxylic acids is 1. The van der Waals surface area contributed by atoms with E-state index in [9.17, 15) is 4.79 Å². The fourth-order valence-electron chi connectivity index (χ4n) is 2.80. The van der Waals surface area contributed by atoms with Crippen molar-refractivity contribution in [2.24, 2.45) is 5.92 Å². The van der Waals surface area contributed by atoms with E-state index < -0.39 is 0 Å². The second kappa shape index (κ2) is 7.12. The molecular weight excluding hydrogens is 274 g/mol. The summed E-state index contributed by atoms with van der Waals surface area (Å²) < 4.78 is 5.71.